The first-order chi connectivity index (χ1) is 16.7. The Bertz CT molecular complexity index is 1060. The van der Waals surface area contributed by atoms with Gasteiger partial charge in [0.25, 0.3) is 5.91 Å². The van der Waals surface area contributed by atoms with Gasteiger partial charge >= 0.3 is 5.97 Å². The number of hydrogen-bond acceptors (Lipinski definition) is 7. The van der Waals surface area contributed by atoms with Crippen molar-refractivity contribution in [1.29, 1.82) is 0 Å². The number of rotatable bonds is 7. The van der Waals surface area contributed by atoms with Crippen molar-refractivity contribution < 1.29 is 32.7 Å². The lowest BCUT2D eigenvalue weighted by molar-refractivity contribution is -0.939. The number of carbonyl (C=O) groups is 2. The van der Waals surface area contributed by atoms with Crippen LogP contribution in [0.25, 0.3) is 0 Å². The average Bonchev–Trinajstić information content (AvgIpc) is 3.50. The summed E-state index contributed by atoms with van der Waals surface area (Å²) in [5.74, 6) is -4.38. The number of piperidine rings is 3. The van der Waals surface area contributed by atoms with Gasteiger partial charge in [-0.25, -0.2) is 18.6 Å². The highest BCUT2D eigenvalue weighted by molar-refractivity contribution is 7.08. The number of halogens is 2. The summed E-state index contributed by atoms with van der Waals surface area (Å²) in [6.07, 6.45) is 4.72. The van der Waals surface area contributed by atoms with E-state index in [-0.39, 0.29) is 31.2 Å². The van der Waals surface area contributed by atoms with Gasteiger partial charge in [-0.05, 0) is 23.2 Å². The predicted octanol–water partition coefficient (Wildman–Crippen LogP) is 2.95. The van der Waals surface area contributed by atoms with Crippen LogP contribution in [0.1, 0.15) is 37.7 Å². The molecule has 4 fully saturated rings. The summed E-state index contributed by atoms with van der Waals surface area (Å²) in [5.41, 5.74) is -1.80. The zero-order valence-corrected chi connectivity index (χ0v) is 20.1. The van der Waals surface area contributed by atoms with Gasteiger partial charge in [0, 0.05) is 55.5 Å². The molecule has 5 heterocycles. The van der Waals surface area contributed by atoms with Gasteiger partial charge in [0.05, 0.1) is 19.3 Å². The van der Waals surface area contributed by atoms with E-state index in [2.05, 4.69) is 15.3 Å². The Balaban J connectivity index is 1.30. The molecule has 0 radical (unpaired) electrons. The molecule has 2 N–H and O–H groups in total. The molecule has 3 aliphatic heterocycles. The number of nitrogens with zero attached hydrogens (tertiary/aromatic N) is 3. The zero-order valence-electron chi connectivity index (χ0n) is 19.2. The Labute approximate surface area is 205 Å². The van der Waals surface area contributed by atoms with Crippen molar-refractivity contribution in [2.75, 3.05) is 31.5 Å². The molecule has 35 heavy (non-hydrogen) atoms. The van der Waals surface area contributed by atoms with Gasteiger partial charge < -0.3 is 19.6 Å². The SMILES string of the molecule is O=C(C[N+]12CCC(CC1)C(OC(=O)[C@](O)(c1ccsc1)C1CCC(F)(F)C1)C2)Nc1cnccn1. The van der Waals surface area contributed by atoms with E-state index in [1.165, 1.54) is 29.9 Å². The van der Waals surface area contributed by atoms with Crippen molar-refractivity contribution in [1.82, 2.24) is 9.97 Å². The molecule has 2 aromatic rings. The van der Waals surface area contributed by atoms with Gasteiger partial charge in [0.2, 0.25) is 5.92 Å². The number of nitrogens with one attached hydrogen (secondary N) is 1. The summed E-state index contributed by atoms with van der Waals surface area (Å²) in [4.78, 5) is 34.2. The van der Waals surface area contributed by atoms with Gasteiger partial charge in [-0.1, -0.05) is 0 Å². The quantitative estimate of drug-likeness (QED) is 0.442. The Hall–Kier alpha value is -2.50. The van der Waals surface area contributed by atoms with Crippen molar-refractivity contribution in [3.63, 3.8) is 0 Å². The topological polar surface area (TPSA) is 101 Å². The monoisotopic (exact) mass is 507 g/mol. The van der Waals surface area contributed by atoms with Crippen LogP contribution in [0.3, 0.4) is 0 Å². The van der Waals surface area contributed by atoms with E-state index in [1.54, 1.807) is 16.8 Å². The second-order valence-corrected chi connectivity index (χ2v) is 10.9. The van der Waals surface area contributed by atoms with E-state index in [0.717, 1.165) is 25.9 Å². The molecule has 11 heteroatoms. The van der Waals surface area contributed by atoms with Crippen LogP contribution in [0.2, 0.25) is 0 Å². The van der Waals surface area contributed by atoms with E-state index in [0.29, 0.717) is 22.4 Å². The molecule has 2 unspecified atom stereocenters. The molecule has 0 spiro atoms. The highest BCUT2D eigenvalue weighted by Crippen LogP contribution is 2.49. The number of alkyl halides is 2. The molecule has 1 amide bonds. The number of ether oxygens (including phenoxy) is 1. The standard InChI is InChI=1S/C24H28F2N4O4S/c25-23(26)5-1-17(11-23)24(33,18-4-10-35-15-18)22(32)34-19-13-30(8-2-16(19)3-9-30)14-21(31)29-20-12-27-6-7-28-20/h4,6-7,10,12,15-17,19,33H,1-3,5,8-9,11,13-14H2/p+1/t16?,17?,19?,24-,30?/m1/s1. The van der Waals surface area contributed by atoms with Crippen LogP contribution in [-0.2, 0) is 19.9 Å². The van der Waals surface area contributed by atoms with Crippen LogP contribution in [0.15, 0.2) is 35.4 Å². The van der Waals surface area contributed by atoms with Crippen LogP contribution in [0.4, 0.5) is 14.6 Å². The maximum absolute atomic E-state index is 14.0. The van der Waals surface area contributed by atoms with Crippen LogP contribution < -0.4 is 5.32 Å². The summed E-state index contributed by atoms with van der Waals surface area (Å²) in [6.45, 7) is 2.23. The van der Waals surface area contributed by atoms with Crippen molar-refractivity contribution >= 4 is 29.0 Å². The number of thiophene rings is 1. The van der Waals surface area contributed by atoms with Crippen LogP contribution >= 0.6 is 11.3 Å². The number of hydrogen-bond donors (Lipinski definition) is 2. The van der Waals surface area contributed by atoms with Gasteiger partial charge in [-0.3, -0.25) is 9.78 Å². The Morgan fingerprint density at radius 1 is 1.29 bits per heavy atom. The minimum absolute atomic E-state index is 0.0467. The second kappa shape index (κ2) is 9.18. The van der Waals surface area contributed by atoms with Gasteiger partial charge in [-0.15, -0.1) is 0 Å². The van der Waals surface area contributed by atoms with Crippen LogP contribution in [0.5, 0.6) is 0 Å². The van der Waals surface area contributed by atoms with Gasteiger partial charge in [0.15, 0.2) is 24.1 Å². The number of aliphatic hydroxyl groups is 1. The number of anilines is 1. The number of carbonyl (C=O) groups excluding carboxylic acids is 2. The molecule has 1 saturated carbocycles. The lowest BCUT2D eigenvalue weighted by Gasteiger charge is -2.51. The molecule has 4 aliphatic rings. The lowest BCUT2D eigenvalue weighted by Crippen LogP contribution is -2.66. The number of aromatic nitrogens is 2. The molecule has 3 atom stereocenters. The van der Waals surface area contributed by atoms with Crippen molar-refractivity contribution in [2.45, 2.75) is 49.7 Å². The molecule has 2 aromatic heterocycles. The molecule has 3 saturated heterocycles. The smallest absolute Gasteiger partial charge is 0.343 e. The predicted molar refractivity (Wildman–Crippen MR) is 123 cm³/mol. The number of fused-ring (bicyclic) bond motifs is 3. The fourth-order valence-corrected chi connectivity index (χ4v) is 6.67. The molecule has 6 rings (SSSR count). The lowest BCUT2D eigenvalue weighted by atomic mass is 9.80. The Kier molecular flexibility index (Phi) is 6.35. The van der Waals surface area contributed by atoms with E-state index in [9.17, 15) is 23.5 Å². The van der Waals surface area contributed by atoms with Gasteiger partial charge in [-0.2, -0.15) is 11.3 Å². The van der Waals surface area contributed by atoms with Crippen LogP contribution in [0, 0.1) is 11.8 Å². The summed E-state index contributed by atoms with van der Waals surface area (Å²) in [7, 11) is 0. The normalized spacial score (nSPS) is 31.0. The maximum Gasteiger partial charge on any atom is 0.343 e. The molecule has 2 bridgehead atoms. The molecule has 8 nitrogen and oxygen atoms in total. The zero-order chi connectivity index (χ0) is 24.7. The molecule has 0 aromatic carbocycles. The minimum Gasteiger partial charge on any atom is -0.454 e. The number of quaternary nitrogens is 1. The van der Waals surface area contributed by atoms with Gasteiger partial charge in [0.1, 0.15) is 6.54 Å². The first kappa shape index (κ1) is 24.2. The average molecular weight is 508 g/mol. The second-order valence-electron chi connectivity index (χ2n) is 10.1. The highest BCUT2D eigenvalue weighted by Gasteiger charge is 2.56. The van der Waals surface area contributed by atoms with E-state index >= 15 is 0 Å². The molecule has 188 valence electrons. The maximum atomic E-state index is 14.0. The highest BCUT2D eigenvalue weighted by atomic mass is 32.1. The Morgan fingerprint density at radius 3 is 2.71 bits per heavy atom. The van der Waals surface area contributed by atoms with Crippen molar-refractivity contribution in [3.05, 3.63) is 41.0 Å². The summed E-state index contributed by atoms with van der Waals surface area (Å²) in [5, 5.41) is 17.7. The summed E-state index contributed by atoms with van der Waals surface area (Å²) in [6, 6.07) is 1.60. The third-order valence-electron chi connectivity index (χ3n) is 7.88. The fraction of sp³-hybridized carbons (Fsp3) is 0.583. The number of amides is 1. The van der Waals surface area contributed by atoms with E-state index < -0.39 is 35.9 Å². The molecular formula is C24H29F2N4O4S+. The largest absolute Gasteiger partial charge is 0.454 e. The molecule has 1 aliphatic carbocycles. The first-order valence-electron chi connectivity index (χ1n) is 11.9. The third kappa shape index (κ3) is 4.81. The van der Waals surface area contributed by atoms with E-state index in [4.69, 9.17) is 4.74 Å². The summed E-state index contributed by atoms with van der Waals surface area (Å²) < 4.78 is 34.5. The summed E-state index contributed by atoms with van der Waals surface area (Å²) >= 11 is 1.30. The fourth-order valence-electron chi connectivity index (χ4n) is 5.96. The minimum atomic E-state index is -2.91. The van der Waals surface area contributed by atoms with Crippen LogP contribution in [-0.4, -0.2) is 69.6 Å². The molecular weight excluding hydrogens is 478 g/mol. The number of esters is 1. The van der Waals surface area contributed by atoms with E-state index in [1.807, 2.05) is 0 Å². The van der Waals surface area contributed by atoms with Crippen molar-refractivity contribution in [2.24, 2.45) is 11.8 Å². The Morgan fingerprint density at radius 2 is 2.09 bits per heavy atom. The first-order valence-corrected chi connectivity index (χ1v) is 12.9. The third-order valence-corrected chi connectivity index (χ3v) is 8.56. The van der Waals surface area contributed by atoms with Crippen molar-refractivity contribution in [3.8, 4) is 0 Å².